The van der Waals surface area contributed by atoms with Gasteiger partial charge >= 0.3 is 0 Å². The first kappa shape index (κ1) is 14.0. The molecule has 0 aliphatic heterocycles. The number of rotatable bonds is 5. The summed E-state index contributed by atoms with van der Waals surface area (Å²) in [7, 11) is -2.05. The number of hydrogen-bond donors (Lipinski definition) is 2. The quantitative estimate of drug-likeness (QED) is 0.861. The van der Waals surface area contributed by atoms with Gasteiger partial charge in [0.2, 0.25) is 0 Å². The van der Waals surface area contributed by atoms with Crippen molar-refractivity contribution in [2.24, 2.45) is 7.05 Å². The van der Waals surface area contributed by atoms with E-state index in [1.54, 1.807) is 18.4 Å². The number of imidazole rings is 1. The molecule has 2 aromatic heterocycles. The molecule has 0 fully saturated rings. The summed E-state index contributed by atoms with van der Waals surface area (Å²) in [4.78, 5) is 4.92. The maximum Gasteiger partial charge on any atom is 0.260 e. The molecular weight excluding hydrogens is 284 g/mol. The highest BCUT2D eigenvalue weighted by molar-refractivity contribution is 7.89. The third kappa shape index (κ3) is 3.14. The number of nitrogens with one attached hydrogen (secondary N) is 1. The van der Waals surface area contributed by atoms with Crippen molar-refractivity contribution in [1.29, 1.82) is 0 Å². The predicted molar refractivity (Wildman–Crippen MR) is 75.4 cm³/mol. The second kappa shape index (κ2) is 5.32. The molecule has 0 radical (unpaired) electrons. The van der Waals surface area contributed by atoms with Crippen LogP contribution in [0.25, 0.3) is 0 Å². The first-order valence-electron chi connectivity index (χ1n) is 5.71. The van der Waals surface area contributed by atoms with Crippen molar-refractivity contribution < 1.29 is 8.42 Å². The van der Waals surface area contributed by atoms with Crippen LogP contribution >= 0.6 is 11.3 Å². The number of hydrogen-bond acceptors (Lipinski definition) is 5. The molecule has 6 nitrogen and oxygen atoms in total. The number of anilines is 1. The van der Waals surface area contributed by atoms with Crippen molar-refractivity contribution in [2.75, 3.05) is 5.73 Å². The van der Waals surface area contributed by atoms with Gasteiger partial charge in [0.25, 0.3) is 10.0 Å². The van der Waals surface area contributed by atoms with Crippen LogP contribution in [0.1, 0.15) is 11.8 Å². The van der Waals surface area contributed by atoms with E-state index >= 15 is 0 Å². The summed E-state index contributed by atoms with van der Waals surface area (Å²) in [5.74, 6) is 0.0123. The summed E-state index contributed by atoms with van der Waals surface area (Å²) in [6.45, 7) is 1.82. The molecule has 19 heavy (non-hydrogen) atoms. The lowest BCUT2D eigenvalue weighted by Gasteiger charge is -2.13. The van der Waals surface area contributed by atoms with Gasteiger partial charge < -0.3 is 10.3 Å². The Morgan fingerprint density at radius 3 is 2.84 bits per heavy atom. The molecule has 2 rings (SSSR count). The molecule has 1 unspecified atom stereocenters. The molecule has 8 heteroatoms. The molecule has 0 aromatic carbocycles. The van der Waals surface area contributed by atoms with Crippen molar-refractivity contribution in [3.05, 3.63) is 28.7 Å². The van der Waals surface area contributed by atoms with E-state index in [9.17, 15) is 8.42 Å². The Bertz CT molecular complexity index is 627. The fourth-order valence-corrected chi connectivity index (χ4v) is 4.17. The lowest BCUT2D eigenvalue weighted by atomic mass is 10.2. The summed E-state index contributed by atoms with van der Waals surface area (Å²) in [5.41, 5.74) is 5.59. The van der Waals surface area contributed by atoms with E-state index in [1.807, 2.05) is 24.4 Å². The summed E-state index contributed by atoms with van der Waals surface area (Å²) in [6.07, 6.45) is 2.03. The van der Waals surface area contributed by atoms with Crippen LogP contribution in [0.5, 0.6) is 0 Å². The van der Waals surface area contributed by atoms with Gasteiger partial charge in [0.15, 0.2) is 10.8 Å². The van der Waals surface area contributed by atoms with Crippen molar-refractivity contribution in [3.63, 3.8) is 0 Å². The Morgan fingerprint density at radius 2 is 2.32 bits per heavy atom. The van der Waals surface area contributed by atoms with Crippen molar-refractivity contribution >= 4 is 27.2 Å². The highest BCUT2D eigenvalue weighted by Gasteiger charge is 2.24. The first-order chi connectivity index (χ1) is 8.90. The summed E-state index contributed by atoms with van der Waals surface area (Å²) in [5, 5.41) is 1.97. The molecule has 0 spiro atoms. The predicted octanol–water partition coefficient (Wildman–Crippen LogP) is 0.973. The zero-order valence-corrected chi connectivity index (χ0v) is 12.3. The van der Waals surface area contributed by atoms with Crippen LogP contribution in [0.3, 0.4) is 0 Å². The average molecular weight is 300 g/mol. The van der Waals surface area contributed by atoms with Crippen LogP contribution < -0.4 is 10.5 Å². The minimum Gasteiger partial charge on any atom is -0.381 e. The van der Waals surface area contributed by atoms with Crippen molar-refractivity contribution in [1.82, 2.24) is 14.3 Å². The van der Waals surface area contributed by atoms with Gasteiger partial charge in [-0.05, 0) is 24.8 Å². The Labute approximate surface area is 116 Å². The van der Waals surface area contributed by atoms with Crippen LogP contribution in [0.4, 0.5) is 5.82 Å². The standard InChI is InChI=1S/C11H16N4O2S2/c1-8(6-9-4-3-5-18-9)14-19(16,17)11-10(12)13-7-15(11)2/h3-5,7-8,14H,6,12H2,1-2H3. The third-order valence-corrected chi connectivity index (χ3v) is 5.23. The van der Waals surface area contributed by atoms with Crippen LogP contribution in [-0.2, 0) is 23.5 Å². The molecule has 0 saturated heterocycles. The molecule has 0 aliphatic rings. The summed E-state index contributed by atoms with van der Waals surface area (Å²) < 4.78 is 28.5. The van der Waals surface area contributed by atoms with Crippen molar-refractivity contribution in [3.8, 4) is 0 Å². The summed E-state index contributed by atoms with van der Waals surface area (Å²) in [6, 6.07) is 3.71. The molecule has 0 amide bonds. The number of nitrogen functional groups attached to an aromatic ring is 1. The highest BCUT2D eigenvalue weighted by Crippen LogP contribution is 2.17. The van der Waals surface area contributed by atoms with E-state index in [4.69, 9.17) is 5.73 Å². The number of aromatic nitrogens is 2. The fraction of sp³-hybridized carbons (Fsp3) is 0.364. The SMILES string of the molecule is CC(Cc1cccs1)NS(=O)(=O)c1c(N)ncn1C. The topological polar surface area (TPSA) is 90.0 Å². The Balaban J connectivity index is 2.13. The lowest BCUT2D eigenvalue weighted by Crippen LogP contribution is -2.35. The molecular formula is C11H16N4O2S2. The third-order valence-electron chi connectivity index (χ3n) is 2.61. The molecule has 3 N–H and O–H groups in total. The van der Waals surface area contributed by atoms with Gasteiger partial charge in [-0.3, -0.25) is 0 Å². The smallest absolute Gasteiger partial charge is 0.260 e. The van der Waals surface area contributed by atoms with Gasteiger partial charge in [-0.2, -0.15) is 0 Å². The van der Waals surface area contributed by atoms with E-state index in [0.29, 0.717) is 6.42 Å². The number of thiophene rings is 1. The maximum absolute atomic E-state index is 12.2. The van der Waals surface area contributed by atoms with E-state index in [2.05, 4.69) is 9.71 Å². The number of sulfonamides is 1. The fourth-order valence-electron chi connectivity index (χ4n) is 1.86. The Kier molecular flexibility index (Phi) is 3.93. The van der Waals surface area contributed by atoms with Crippen LogP contribution in [0.15, 0.2) is 28.9 Å². The molecule has 0 aliphatic carbocycles. The summed E-state index contributed by atoms with van der Waals surface area (Å²) >= 11 is 1.60. The van der Waals surface area contributed by atoms with Gasteiger partial charge in [-0.25, -0.2) is 18.1 Å². The Morgan fingerprint density at radius 1 is 1.58 bits per heavy atom. The van der Waals surface area contributed by atoms with Gasteiger partial charge in [0.05, 0.1) is 6.33 Å². The number of nitrogens with two attached hydrogens (primary N) is 1. The maximum atomic E-state index is 12.2. The first-order valence-corrected chi connectivity index (χ1v) is 8.08. The molecule has 2 aromatic rings. The van der Waals surface area contributed by atoms with Crippen molar-refractivity contribution in [2.45, 2.75) is 24.4 Å². The Hall–Kier alpha value is -1.38. The van der Waals surface area contributed by atoms with Crippen LogP contribution in [-0.4, -0.2) is 24.0 Å². The number of aryl methyl sites for hydroxylation is 1. The second-order valence-corrected chi connectivity index (χ2v) is 7.01. The van der Waals surface area contributed by atoms with E-state index < -0.39 is 10.0 Å². The van der Waals surface area contributed by atoms with E-state index in [0.717, 1.165) is 4.88 Å². The highest BCUT2D eigenvalue weighted by atomic mass is 32.2. The average Bonchev–Trinajstić information content (AvgIpc) is 2.88. The second-order valence-electron chi connectivity index (χ2n) is 4.35. The lowest BCUT2D eigenvalue weighted by molar-refractivity contribution is 0.552. The minimum atomic E-state index is -3.65. The molecule has 1 atom stereocenters. The monoisotopic (exact) mass is 300 g/mol. The van der Waals surface area contributed by atoms with E-state index in [1.165, 1.54) is 10.9 Å². The van der Waals surface area contributed by atoms with Crippen LogP contribution in [0, 0.1) is 0 Å². The molecule has 0 bridgehead atoms. The molecule has 104 valence electrons. The molecule has 0 saturated carbocycles. The number of nitrogens with zero attached hydrogens (tertiary/aromatic N) is 2. The van der Waals surface area contributed by atoms with Crippen LogP contribution in [0.2, 0.25) is 0 Å². The zero-order chi connectivity index (χ0) is 14.0. The minimum absolute atomic E-state index is 0.00512. The van der Waals surface area contributed by atoms with Gasteiger partial charge in [0.1, 0.15) is 0 Å². The van der Waals surface area contributed by atoms with E-state index in [-0.39, 0.29) is 16.9 Å². The molecule has 2 heterocycles. The van der Waals surface area contributed by atoms with Gasteiger partial charge in [0, 0.05) is 18.0 Å². The zero-order valence-electron chi connectivity index (χ0n) is 10.7. The van der Waals surface area contributed by atoms with Gasteiger partial charge in [-0.1, -0.05) is 6.07 Å². The normalized spacial score (nSPS) is 13.6. The van der Waals surface area contributed by atoms with Gasteiger partial charge in [-0.15, -0.1) is 11.3 Å². The largest absolute Gasteiger partial charge is 0.381 e.